The van der Waals surface area contributed by atoms with Gasteiger partial charge in [-0.3, -0.25) is 9.78 Å². The molecule has 0 N–H and O–H groups in total. The quantitative estimate of drug-likeness (QED) is 0.559. The summed E-state index contributed by atoms with van der Waals surface area (Å²) in [6.07, 6.45) is 5.75. The van der Waals surface area contributed by atoms with Gasteiger partial charge in [0.15, 0.2) is 0 Å². The van der Waals surface area contributed by atoms with E-state index in [1.54, 1.807) is 42.7 Å². The van der Waals surface area contributed by atoms with Gasteiger partial charge in [-0.05, 0) is 57.4 Å². The molecule has 31 heavy (non-hydrogen) atoms. The minimum Gasteiger partial charge on any atom is -0.443 e. The van der Waals surface area contributed by atoms with Crippen LogP contribution in [0.1, 0.15) is 40.0 Å². The first-order valence-corrected chi connectivity index (χ1v) is 10.7. The highest BCUT2D eigenvalue weighted by atomic mass is 35.5. The molecule has 0 saturated heterocycles. The smallest absolute Gasteiger partial charge is 0.417 e. The largest absolute Gasteiger partial charge is 0.443 e. The standard InChI is InChI=1S/C23H25ClN4O3/c1-23(2,3)31-22(30)27(13-11-15-9-10-15)21-26-18-8-4-7-17(24)19(18)20(29)28(21)16-6-5-12-25-14-16/h4-8,12,14-15H,9-11,13H2,1-3H3. The Labute approximate surface area is 185 Å². The minimum absolute atomic E-state index is 0.197. The number of hydrogen-bond acceptors (Lipinski definition) is 5. The second-order valence-corrected chi connectivity index (χ2v) is 9.17. The Morgan fingerprint density at radius 1 is 1.26 bits per heavy atom. The number of anilines is 1. The van der Waals surface area contributed by atoms with Crippen LogP contribution in [-0.2, 0) is 4.74 Å². The van der Waals surface area contributed by atoms with E-state index in [-0.39, 0.29) is 11.5 Å². The molecule has 1 aliphatic rings. The average molecular weight is 441 g/mol. The van der Waals surface area contributed by atoms with Crippen molar-refractivity contribution in [3.8, 4) is 5.69 Å². The van der Waals surface area contributed by atoms with Crippen LogP contribution < -0.4 is 10.5 Å². The van der Waals surface area contributed by atoms with Gasteiger partial charge < -0.3 is 4.74 Å². The van der Waals surface area contributed by atoms with Crippen LogP contribution in [-0.4, -0.2) is 32.8 Å². The van der Waals surface area contributed by atoms with Crippen LogP contribution in [0, 0.1) is 5.92 Å². The number of ether oxygens (including phenoxy) is 1. The molecule has 0 bridgehead atoms. The van der Waals surface area contributed by atoms with Crippen molar-refractivity contribution in [3.05, 3.63) is 58.1 Å². The molecule has 1 aromatic carbocycles. The molecule has 7 nitrogen and oxygen atoms in total. The molecule has 1 saturated carbocycles. The molecule has 0 aliphatic heterocycles. The number of aromatic nitrogens is 3. The van der Waals surface area contributed by atoms with E-state index in [9.17, 15) is 9.59 Å². The maximum atomic E-state index is 13.6. The van der Waals surface area contributed by atoms with Gasteiger partial charge in [-0.1, -0.05) is 30.5 Å². The van der Waals surface area contributed by atoms with Crippen LogP contribution in [0.4, 0.5) is 10.7 Å². The third kappa shape index (κ3) is 4.71. The summed E-state index contributed by atoms with van der Waals surface area (Å²) in [5.74, 6) is 0.779. The molecular formula is C23H25ClN4O3. The number of carbonyl (C=O) groups is 1. The van der Waals surface area contributed by atoms with Crippen molar-refractivity contribution in [2.75, 3.05) is 11.4 Å². The first-order valence-electron chi connectivity index (χ1n) is 10.4. The maximum Gasteiger partial charge on any atom is 0.417 e. The van der Waals surface area contributed by atoms with Crippen LogP contribution in [0.3, 0.4) is 0 Å². The Morgan fingerprint density at radius 2 is 2.03 bits per heavy atom. The first kappa shape index (κ1) is 21.3. The fourth-order valence-corrected chi connectivity index (χ4v) is 3.64. The van der Waals surface area contributed by atoms with Crippen molar-refractivity contribution >= 4 is 34.5 Å². The Kier molecular flexibility index (Phi) is 5.71. The normalized spacial score (nSPS) is 13.9. The summed E-state index contributed by atoms with van der Waals surface area (Å²) in [5.41, 5.74) is -0.128. The molecule has 2 aromatic heterocycles. The Hall–Kier alpha value is -2.93. The summed E-state index contributed by atoms with van der Waals surface area (Å²) in [7, 11) is 0. The van der Waals surface area contributed by atoms with Crippen LogP contribution >= 0.6 is 11.6 Å². The van der Waals surface area contributed by atoms with E-state index in [1.165, 1.54) is 9.47 Å². The van der Waals surface area contributed by atoms with E-state index >= 15 is 0 Å². The van der Waals surface area contributed by atoms with E-state index in [4.69, 9.17) is 21.3 Å². The van der Waals surface area contributed by atoms with Gasteiger partial charge in [-0.25, -0.2) is 19.2 Å². The second kappa shape index (κ2) is 8.30. The molecule has 2 heterocycles. The van der Waals surface area contributed by atoms with E-state index in [2.05, 4.69) is 4.98 Å². The number of nitrogens with zero attached hydrogens (tertiary/aromatic N) is 4. The lowest BCUT2D eigenvalue weighted by atomic mass is 10.2. The predicted octanol–water partition coefficient (Wildman–Crippen LogP) is 4.98. The zero-order valence-corrected chi connectivity index (χ0v) is 18.6. The van der Waals surface area contributed by atoms with Gasteiger partial charge >= 0.3 is 6.09 Å². The molecule has 162 valence electrons. The maximum absolute atomic E-state index is 13.6. The average Bonchev–Trinajstić information content (AvgIpc) is 3.52. The first-order chi connectivity index (χ1) is 14.7. The zero-order chi connectivity index (χ0) is 22.2. The van der Waals surface area contributed by atoms with Gasteiger partial charge in [-0.2, -0.15) is 0 Å². The molecule has 4 rings (SSSR count). The number of hydrogen-bond donors (Lipinski definition) is 0. The van der Waals surface area contributed by atoms with Crippen molar-refractivity contribution in [2.24, 2.45) is 5.92 Å². The molecule has 1 fully saturated rings. The van der Waals surface area contributed by atoms with Gasteiger partial charge in [0, 0.05) is 12.7 Å². The molecule has 0 unspecified atom stereocenters. The highest BCUT2D eigenvalue weighted by Crippen LogP contribution is 2.33. The van der Waals surface area contributed by atoms with Crippen molar-refractivity contribution in [1.82, 2.24) is 14.5 Å². The number of benzene rings is 1. The summed E-state index contributed by atoms with van der Waals surface area (Å²) in [6, 6.07) is 8.57. The van der Waals surface area contributed by atoms with Crippen LogP contribution in [0.5, 0.6) is 0 Å². The number of fused-ring (bicyclic) bond motifs is 1. The fourth-order valence-electron chi connectivity index (χ4n) is 3.39. The zero-order valence-electron chi connectivity index (χ0n) is 17.8. The van der Waals surface area contributed by atoms with Crippen molar-refractivity contribution in [3.63, 3.8) is 0 Å². The Morgan fingerprint density at radius 3 is 2.68 bits per heavy atom. The summed E-state index contributed by atoms with van der Waals surface area (Å²) >= 11 is 6.34. The predicted molar refractivity (Wildman–Crippen MR) is 121 cm³/mol. The van der Waals surface area contributed by atoms with E-state index in [1.807, 2.05) is 20.8 Å². The van der Waals surface area contributed by atoms with E-state index in [0.29, 0.717) is 34.1 Å². The summed E-state index contributed by atoms with van der Waals surface area (Å²) < 4.78 is 7.05. The number of pyridine rings is 1. The number of carbonyl (C=O) groups excluding carboxylic acids is 1. The van der Waals surface area contributed by atoms with Gasteiger partial charge in [0.25, 0.3) is 5.56 Å². The lowest BCUT2D eigenvalue weighted by molar-refractivity contribution is 0.0576. The van der Waals surface area contributed by atoms with Gasteiger partial charge in [0.1, 0.15) is 5.60 Å². The highest BCUT2D eigenvalue weighted by Gasteiger charge is 2.31. The topological polar surface area (TPSA) is 77.3 Å². The molecule has 0 radical (unpaired) electrons. The van der Waals surface area contributed by atoms with E-state index < -0.39 is 11.7 Å². The van der Waals surface area contributed by atoms with Crippen LogP contribution in [0.25, 0.3) is 16.6 Å². The summed E-state index contributed by atoms with van der Waals surface area (Å²) in [5, 5.41) is 0.601. The molecular weight excluding hydrogens is 416 g/mol. The van der Waals surface area contributed by atoms with Crippen LogP contribution in [0.2, 0.25) is 5.02 Å². The van der Waals surface area contributed by atoms with Crippen molar-refractivity contribution in [1.29, 1.82) is 0 Å². The third-order valence-electron chi connectivity index (χ3n) is 5.05. The highest BCUT2D eigenvalue weighted by molar-refractivity contribution is 6.35. The summed E-state index contributed by atoms with van der Waals surface area (Å²) in [6.45, 7) is 5.83. The van der Waals surface area contributed by atoms with Crippen molar-refractivity contribution in [2.45, 2.75) is 45.6 Å². The molecule has 0 atom stereocenters. The second-order valence-electron chi connectivity index (χ2n) is 8.76. The summed E-state index contributed by atoms with van der Waals surface area (Å²) in [4.78, 5) is 37.1. The van der Waals surface area contributed by atoms with Gasteiger partial charge in [0.05, 0.1) is 27.8 Å². The van der Waals surface area contributed by atoms with E-state index in [0.717, 1.165) is 19.3 Å². The molecule has 8 heteroatoms. The van der Waals surface area contributed by atoms with Crippen molar-refractivity contribution < 1.29 is 9.53 Å². The third-order valence-corrected chi connectivity index (χ3v) is 5.36. The monoisotopic (exact) mass is 440 g/mol. The lowest BCUT2D eigenvalue weighted by Crippen LogP contribution is -2.41. The molecule has 0 spiro atoms. The minimum atomic E-state index is -0.686. The Bertz CT molecular complexity index is 1170. The SMILES string of the molecule is CC(C)(C)OC(=O)N(CCC1CC1)c1nc2cccc(Cl)c2c(=O)n1-c1cccnc1. The molecule has 3 aromatic rings. The fraction of sp³-hybridized carbons (Fsp3) is 0.391. The Balaban J connectivity index is 1.93. The molecule has 1 aliphatic carbocycles. The van der Waals surface area contributed by atoms with Crippen LogP contribution in [0.15, 0.2) is 47.5 Å². The van der Waals surface area contributed by atoms with Gasteiger partial charge in [0.2, 0.25) is 5.95 Å². The number of amides is 1. The number of rotatable bonds is 5. The lowest BCUT2D eigenvalue weighted by Gasteiger charge is -2.28. The molecule has 1 amide bonds. The number of halogens is 1. The van der Waals surface area contributed by atoms with Gasteiger partial charge in [-0.15, -0.1) is 0 Å².